The SMILES string of the molecule is O=C(Nc1ccc(N2CCCC2)nc1)c1cccc(NC(=O)C2CC2)c1. The molecule has 2 aromatic rings. The highest BCUT2D eigenvalue weighted by Crippen LogP contribution is 2.30. The lowest BCUT2D eigenvalue weighted by Gasteiger charge is -2.16. The van der Waals surface area contributed by atoms with Crippen molar-refractivity contribution in [2.45, 2.75) is 25.7 Å². The second-order valence-electron chi connectivity index (χ2n) is 6.90. The third-order valence-corrected chi connectivity index (χ3v) is 4.78. The number of aromatic nitrogens is 1. The lowest BCUT2D eigenvalue weighted by Crippen LogP contribution is -2.19. The molecule has 26 heavy (non-hydrogen) atoms. The maximum absolute atomic E-state index is 12.5. The van der Waals surface area contributed by atoms with Crippen LogP contribution >= 0.6 is 0 Å². The second-order valence-corrected chi connectivity index (χ2v) is 6.90. The van der Waals surface area contributed by atoms with Crippen LogP contribution < -0.4 is 15.5 Å². The van der Waals surface area contributed by atoms with E-state index >= 15 is 0 Å². The number of pyridine rings is 1. The summed E-state index contributed by atoms with van der Waals surface area (Å²) in [6.07, 6.45) is 5.99. The van der Waals surface area contributed by atoms with Crippen LogP contribution in [0.3, 0.4) is 0 Å². The Kier molecular flexibility index (Phi) is 4.56. The minimum Gasteiger partial charge on any atom is -0.357 e. The predicted molar refractivity (Wildman–Crippen MR) is 101 cm³/mol. The fraction of sp³-hybridized carbons (Fsp3) is 0.350. The number of amides is 2. The van der Waals surface area contributed by atoms with Crippen molar-refractivity contribution >= 4 is 29.0 Å². The molecule has 1 aromatic heterocycles. The summed E-state index contributed by atoms with van der Waals surface area (Å²) in [7, 11) is 0. The van der Waals surface area contributed by atoms with Crippen LogP contribution in [0, 0.1) is 5.92 Å². The van der Waals surface area contributed by atoms with Gasteiger partial charge in [-0.2, -0.15) is 0 Å². The van der Waals surface area contributed by atoms with E-state index in [1.54, 1.807) is 30.5 Å². The summed E-state index contributed by atoms with van der Waals surface area (Å²) in [5, 5.41) is 5.72. The van der Waals surface area contributed by atoms with Crippen molar-refractivity contribution in [3.8, 4) is 0 Å². The molecule has 2 fully saturated rings. The Morgan fingerprint density at radius 3 is 2.50 bits per heavy atom. The normalized spacial score (nSPS) is 16.4. The van der Waals surface area contributed by atoms with E-state index in [0.29, 0.717) is 16.9 Å². The minimum absolute atomic E-state index is 0.0317. The highest BCUT2D eigenvalue weighted by atomic mass is 16.2. The maximum atomic E-state index is 12.5. The van der Waals surface area contributed by atoms with Crippen molar-refractivity contribution in [2.24, 2.45) is 5.92 Å². The standard InChI is InChI=1S/C20H22N4O2/c25-19(14-6-7-14)22-16-5-3-4-15(12-16)20(26)23-17-8-9-18(21-13-17)24-10-1-2-11-24/h3-5,8-9,12-14H,1-2,6-7,10-11H2,(H,22,25)(H,23,26). The van der Waals surface area contributed by atoms with Crippen LogP contribution in [0.5, 0.6) is 0 Å². The molecule has 0 spiro atoms. The molecule has 2 N–H and O–H groups in total. The molecule has 1 aliphatic carbocycles. The van der Waals surface area contributed by atoms with Crippen molar-refractivity contribution in [3.63, 3.8) is 0 Å². The fourth-order valence-electron chi connectivity index (χ4n) is 3.12. The van der Waals surface area contributed by atoms with Crippen molar-refractivity contribution in [3.05, 3.63) is 48.2 Å². The Morgan fingerprint density at radius 1 is 1.00 bits per heavy atom. The highest BCUT2D eigenvalue weighted by Gasteiger charge is 2.29. The number of carbonyl (C=O) groups excluding carboxylic acids is 2. The summed E-state index contributed by atoms with van der Waals surface area (Å²) < 4.78 is 0. The quantitative estimate of drug-likeness (QED) is 0.868. The van der Waals surface area contributed by atoms with Crippen molar-refractivity contribution < 1.29 is 9.59 Å². The van der Waals surface area contributed by atoms with Gasteiger partial charge in [0, 0.05) is 30.3 Å². The zero-order chi connectivity index (χ0) is 17.9. The van der Waals surface area contributed by atoms with Crippen LogP contribution in [0.25, 0.3) is 0 Å². The fourth-order valence-corrected chi connectivity index (χ4v) is 3.12. The molecule has 2 heterocycles. The van der Waals surface area contributed by atoms with Crippen molar-refractivity contribution in [2.75, 3.05) is 28.6 Å². The number of hydrogen-bond donors (Lipinski definition) is 2. The molecule has 0 unspecified atom stereocenters. The van der Waals surface area contributed by atoms with E-state index in [2.05, 4.69) is 20.5 Å². The van der Waals surface area contributed by atoms with Gasteiger partial charge in [0.15, 0.2) is 0 Å². The first-order valence-corrected chi connectivity index (χ1v) is 9.12. The molecule has 0 atom stereocenters. The van der Waals surface area contributed by atoms with Gasteiger partial charge in [-0.05, 0) is 56.0 Å². The van der Waals surface area contributed by atoms with E-state index < -0.39 is 0 Å². The Bertz CT molecular complexity index is 809. The molecular formula is C20H22N4O2. The van der Waals surface area contributed by atoms with Crippen LogP contribution in [-0.4, -0.2) is 29.9 Å². The Morgan fingerprint density at radius 2 is 1.81 bits per heavy atom. The highest BCUT2D eigenvalue weighted by molar-refractivity contribution is 6.05. The zero-order valence-corrected chi connectivity index (χ0v) is 14.6. The largest absolute Gasteiger partial charge is 0.357 e. The van der Waals surface area contributed by atoms with Gasteiger partial charge in [-0.25, -0.2) is 4.98 Å². The molecular weight excluding hydrogens is 328 g/mol. The minimum atomic E-state index is -0.219. The van der Waals surface area contributed by atoms with Crippen LogP contribution in [-0.2, 0) is 4.79 Å². The molecule has 4 rings (SSSR count). The lowest BCUT2D eigenvalue weighted by atomic mass is 10.2. The monoisotopic (exact) mass is 350 g/mol. The first kappa shape index (κ1) is 16.6. The van der Waals surface area contributed by atoms with Gasteiger partial charge >= 0.3 is 0 Å². The zero-order valence-electron chi connectivity index (χ0n) is 14.6. The van der Waals surface area contributed by atoms with Gasteiger partial charge in [0.25, 0.3) is 5.91 Å². The smallest absolute Gasteiger partial charge is 0.255 e. The van der Waals surface area contributed by atoms with Gasteiger partial charge in [-0.1, -0.05) is 6.07 Å². The van der Waals surface area contributed by atoms with Gasteiger partial charge in [0.05, 0.1) is 11.9 Å². The Balaban J connectivity index is 1.40. The summed E-state index contributed by atoms with van der Waals surface area (Å²) in [5.41, 5.74) is 1.81. The van der Waals surface area contributed by atoms with E-state index in [-0.39, 0.29) is 17.7 Å². The van der Waals surface area contributed by atoms with Crippen LogP contribution in [0.2, 0.25) is 0 Å². The van der Waals surface area contributed by atoms with Gasteiger partial charge in [0.1, 0.15) is 5.82 Å². The van der Waals surface area contributed by atoms with Gasteiger partial charge in [-0.15, -0.1) is 0 Å². The summed E-state index contributed by atoms with van der Waals surface area (Å²) >= 11 is 0. The molecule has 1 aliphatic heterocycles. The van der Waals surface area contributed by atoms with Crippen LogP contribution in [0.4, 0.5) is 17.2 Å². The number of anilines is 3. The third-order valence-electron chi connectivity index (χ3n) is 4.78. The molecule has 134 valence electrons. The predicted octanol–water partition coefficient (Wildman–Crippen LogP) is 3.28. The molecule has 6 nitrogen and oxygen atoms in total. The molecule has 1 saturated carbocycles. The first-order valence-electron chi connectivity index (χ1n) is 9.12. The lowest BCUT2D eigenvalue weighted by molar-refractivity contribution is -0.117. The van der Waals surface area contributed by atoms with Crippen molar-refractivity contribution in [1.29, 1.82) is 0 Å². The molecule has 2 aliphatic rings. The van der Waals surface area contributed by atoms with Gasteiger partial charge < -0.3 is 15.5 Å². The van der Waals surface area contributed by atoms with Crippen LogP contribution in [0.15, 0.2) is 42.6 Å². The molecule has 0 bridgehead atoms. The van der Waals surface area contributed by atoms with E-state index in [4.69, 9.17) is 0 Å². The number of hydrogen-bond acceptors (Lipinski definition) is 4. The summed E-state index contributed by atoms with van der Waals surface area (Å²) in [6, 6.07) is 10.8. The number of benzene rings is 1. The van der Waals surface area contributed by atoms with Gasteiger partial charge in [0.2, 0.25) is 5.91 Å². The van der Waals surface area contributed by atoms with Gasteiger partial charge in [-0.3, -0.25) is 9.59 Å². The summed E-state index contributed by atoms with van der Waals surface area (Å²) in [5.74, 6) is 0.894. The van der Waals surface area contributed by atoms with Crippen molar-refractivity contribution in [1.82, 2.24) is 4.98 Å². The Labute approximate surface area is 152 Å². The summed E-state index contributed by atoms with van der Waals surface area (Å²) in [4.78, 5) is 31.0. The third kappa shape index (κ3) is 3.85. The topological polar surface area (TPSA) is 74.3 Å². The van der Waals surface area contributed by atoms with E-state index in [9.17, 15) is 9.59 Å². The van der Waals surface area contributed by atoms with Crippen LogP contribution in [0.1, 0.15) is 36.0 Å². The number of carbonyl (C=O) groups is 2. The molecule has 1 saturated heterocycles. The number of rotatable bonds is 5. The second kappa shape index (κ2) is 7.15. The average molecular weight is 350 g/mol. The average Bonchev–Trinajstić information content (AvgIpc) is 3.38. The number of nitrogens with zero attached hydrogens (tertiary/aromatic N) is 2. The van der Waals surface area contributed by atoms with E-state index in [1.807, 2.05) is 12.1 Å². The van der Waals surface area contributed by atoms with E-state index in [1.165, 1.54) is 12.8 Å². The molecule has 0 radical (unpaired) electrons. The maximum Gasteiger partial charge on any atom is 0.255 e. The molecule has 1 aromatic carbocycles. The summed E-state index contributed by atoms with van der Waals surface area (Å²) in [6.45, 7) is 2.08. The molecule has 6 heteroatoms. The Hall–Kier alpha value is -2.89. The first-order chi connectivity index (χ1) is 12.7. The van der Waals surface area contributed by atoms with E-state index in [0.717, 1.165) is 31.7 Å². The molecule has 2 amide bonds. The number of nitrogens with one attached hydrogen (secondary N) is 2.